The Morgan fingerprint density at radius 3 is 2.96 bits per heavy atom. The van der Waals surface area contributed by atoms with Crippen LogP contribution in [0.1, 0.15) is 58.2 Å². The number of aryl methyl sites for hydroxylation is 2. The van der Waals surface area contributed by atoms with Gasteiger partial charge in [0.15, 0.2) is 5.96 Å². The number of guanidine groups is 1. The molecule has 25 heavy (non-hydrogen) atoms. The van der Waals surface area contributed by atoms with Gasteiger partial charge in [0.25, 0.3) is 0 Å². The number of aromatic nitrogens is 2. The van der Waals surface area contributed by atoms with E-state index in [0.717, 1.165) is 49.5 Å². The molecule has 5 nitrogen and oxygen atoms in total. The van der Waals surface area contributed by atoms with Crippen molar-refractivity contribution in [3.05, 3.63) is 18.2 Å². The number of nitrogens with one attached hydrogen (secondary N) is 2. The zero-order valence-electron chi connectivity index (χ0n) is 16.1. The molecule has 142 valence electrons. The van der Waals surface area contributed by atoms with Crippen molar-refractivity contribution in [3.63, 3.8) is 0 Å². The summed E-state index contributed by atoms with van der Waals surface area (Å²) in [4.78, 5) is 9.05. The van der Waals surface area contributed by atoms with Gasteiger partial charge < -0.3 is 15.2 Å². The normalized spacial score (nSPS) is 21.3. The number of hydrogen-bond donors (Lipinski definition) is 2. The number of aliphatic imine (C=N–C) groups is 1. The number of nitrogens with zero attached hydrogens (tertiary/aromatic N) is 3. The number of imidazole rings is 1. The fraction of sp³-hybridized carbons (Fsp3) is 0.789. The third-order valence-electron chi connectivity index (χ3n) is 4.71. The minimum atomic E-state index is 0.573. The molecule has 1 aliphatic rings. The maximum absolute atomic E-state index is 4.78. The van der Waals surface area contributed by atoms with Crippen LogP contribution in [0.3, 0.4) is 0 Å². The first kappa shape index (κ1) is 20.1. The van der Waals surface area contributed by atoms with Gasteiger partial charge >= 0.3 is 0 Å². The van der Waals surface area contributed by atoms with E-state index in [9.17, 15) is 0 Å². The molecule has 0 amide bonds. The molecular weight excluding hydrogens is 330 g/mol. The summed E-state index contributed by atoms with van der Waals surface area (Å²) >= 11 is 2.11. The summed E-state index contributed by atoms with van der Waals surface area (Å²) in [5, 5.41) is 7.89. The van der Waals surface area contributed by atoms with Crippen LogP contribution in [0, 0.1) is 6.92 Å². The predicted octanol–water partition coefficient (Wildman–Crippen LogP) is 3.59. The highest BCUT2D eigenvalue weighted by molar-refractivity contribution is 7.99. The lowest BCUT2D eigenvalue weighted by atomic mass is 9.95. The van der Waals surface area contributed by atoms with Crippen molar-refractivity contribution in [2.24, 2.45) is 4.99 Å². The van der Waals surface area contributed by atoms with Crippen molar-refractivity contribution in [3.8, 4) is 0 Å². The smallest absolute Gasteiger partial charge is 0.191 e. The minimum absolute atomic E-state index is 0.573. The van der Waals surface area contributed by atoms with Gasteiger partial charge in [-0.05, 0) is 51.7 Å². The molecule has 0 aliphatic heterocycles. The summed E-state index contributed by atoms with van der Waals surface area (Å²) in [6.45, 7) is 9.28. The monoisotopic (exact) mass is 365 g/mol. The highest BCUT2D eigenvalue weighted by Crippen LogP contribution is 2.28. The van der Waals surface area contributed by atoms with Crippen LogP contribution in [-0.4, -0.2) is 45.6 Å². The van der Waals surface area contributed by atoms with Gasteiger partial charge in [-0.25, -0.2) is 4.98 Å². The van der Waals surface area contributed by atoms with Crippen LogP contribution in [0.15, 0.2) is 17.4 Å². The van der Waals surface area contributed by atoms with Gasteiger partial charge in [0.05, 0.1) is 0 Å². The lowest BCUT2D eigenvalue weighted by Crippen LogP contribution is -2.45. The maximum atomic E-state index is 4.78. The fourth-order valence-electron chi connectivity index (χ4n) is 3.40. The summed E-state index contributed by atoms with van der Waals surface area (Å²) in [5.41, 5.74) is 0. The summed E-state index contributed by atoms with van der Waals surface area (Å²) in [5.74, 6) is 3.31. The molecule has 2 rings (SSSR count). The average Bonchev–Trinajstić information content (AvgIpc) is 3.00. The Kier molecular flexibility index (Phi) is 9.22. The molecule has 1 heterocycles. The molecule has 0 spiro atoms. The van der Waals surface area contributed by atoms with Crippen LogP contribution in [0.5, 0.6) is 0 Å². The SMILES string of the molecule is CCNC(=NCCCCn1ccnc1C)NC1CCCC(SCC)C1. The first-order chi connectivity index (χ1) is 12.2. The van der Waals surface area contributed by atoms with E-state index >= 15 is 0 Å². The highest BCUT2D eigenvalue weighted by atomic mass is 32.2. The standard InChI is InChI=1S/C19H35N5S/c1-4-20-19(23-17-9-8-10-18(15-17)25-5-2)22-11-6-7-13-24-14-12-21-16(24)3/h12,14,17-18H,4-11,13,15H2,1-3H3,(H2,20,22,23). The lowest BCUT2D eigenvalue weighted by molar-refractivity contribution is 0.418. The van der Waals surface area contributed by atoms with E-state index in [0.29, 0.717) is 6.04 Å². The Morgan fingerprint density at radius 1 is 1.36 bits per heavy atom. The summed E-state index contributed by atoms with van der Waals surface area (Å²) < 4.78 is 2.21. The van der Waals surface area contributed by atoms with Crippen molar-refractivity contribution in [1.82, 2.24) is 20.2 Å². The largest absolute Gasteiger partial charge is 0.357 e. The Hall–Kier alpha value is -1.17. The van der Waals surface area contributed by atoms with E-state index in [1.807, 2.05) is 6.20 Å². The fourth-order valence-corrected chi connectivity index (χ4v) is 4.57. The quantitative estimate of drug-likeness (QED) is 0.399. The first-order valence-electron chi connectivity index (χ1n) is 9.87. The van der Waals surface area contributed by atoms with Gasteiger partial charge in [0.2, 0.25) is 0 Å². The number of rotatable bonds is 9. The van der Waals surface area contributed by atoms with Gasteiger partial charge in [0.1, 0.15) is 5.82 Å². The van der Waals surface area contributed by atoms with E-state index in [1.54, 1.807) is 0 Å². The van der Waals surface area contributed by atoms with Crippen LogP contribution in [0.2, 0.25) is 0 Å². The Bertz CT molecular complexity index is 512. The van der Waals surface area contributed by atoms with Crippen LogP contribution < -0.4 is 10.6 Å². The van der Waals surface area contributed by atoms with E-state index in [-0.39, 0.29) is 0 Å². The first-order valence-corrected chi connectivity index (χ1v) is 10.9. The molecule has 0 saturated heterocycles. The molecule has 1 aromatic rings. The van der Waals surface area contributed by atoms with Crippen LogP contribution >= 0.6 is 11.8 Å². The predicted molar refractivity (Wildman–Crippen MR) is 109 cm³/mol. The summed E-state index contributed by atoms with van der Waals surface area (Å²) in [6, 6.07) is 0.573. The molecule has 0 aromatic carbocycles. The van der Waals surface area contributed by atoms with Crippen molar-refractivity contribution >= 4 is 17.7 Å². The molecule has 1 aromatic heterocycles. The second-order valence-corrected chi connectivity index (χ2v) is 8.30. The molecule has 2 atom stereocenters. The molecule has 0 radical (unpaired) electrons. The van der Waals surface area contributed by atoms with Gasteiger partial charge in [-0.3, -0.25) is 4.99 Å². The van der Waals surface area contributed by atoms with Gasteiger partial charge in [0, 0.05) is 43.3 Å². The molecule has 1 fully saturated rings. The zero-order valence-corrected chi connectivity index (χ0v) is 16.9. The van der Waals surface area contributed by atoms with Crippen molar-refractivity contribution in [2.75, 3.05) is 18.8 Å². The van der Waals surface area contributed by atoms with Gasteiger partial charge in [-0.2, -0.15) is 11.8 Å². The van der Waals surface area contributed by atoms with Crippen LogP contribution in [0.4, 0.5) is 0 Å². The Balaban J connectivity index is 1.72. The Labute approximate surface area is 157 Å². The molecule has 1 aliphatic carbocycles. The van der Waals surface area contributed by atoms with Crippen molar-refractivity contribution in [2.45, 2.75) is 77.1 Å². The van der Waals surface area contributed by atoms with E-state index in [4.69, 9.17) is 4.99 Å². The van der Waals surface area contributed by atoms with Crippen molar-refractivity contribution in [1.29, 1.82) is 0 Å². The van der Waals surface area contributed by atoms with Gasteiger partial charge in [-0.1, -0.05) is 13.3 Å². The lowest BCUT2D eigenvalue weighted by Gasteiger charge is -2.30. The van der Waals surface area contributed by atoms with Crippen LogP contribution in [0.25, 0.3) is 0 Å². The average molecular weight is 366 g/mol. The van der Waals surface area contributed by atoms with E-state index < -0.39 is 0 Å². The molecule has 6 heteroatoms. The van der Waals surface area contributed by atoms with Crippen molar-refractivity contribution < 1.29 is 0 Å². The van der Waals surface area contributed by atoms with E-state index in [2.05, 4.69) is 58.9 Å². The minimum Gasteiger partial charge on any atom is -0.357 e. The topological polar surface area (TPSA) is 54.2 Å². The van der Waals surface area contributed by atoms with E-state index in [1.165, 1.54) is 31.4 Å². The second kappa shape index (κ2) is 11.4. The summed E-state index contributed by atoms with van der Waals surface area (Å²) in [7, 11) is 0. The zero-order chi connectivity index (χ0) is 17.9. The van der Waals surface area contributed by atoms with Crippen LogP contribution in [-0.2, 0) is 6.54 Å². The highest BCUT2D eigenvalue weighted by Gasteiger charge is 2.22. The number of unbranched alkanes of at least 4 members (excludes halogenated alkanes) is 1. The maximum Gasteiger partial charge on any atom is 0.191 e. The second-order valence-electron chi connectivity index (χ2n) is 6.72. The molecule has 2 N–H and O–H groups in total. The Morgan fingerprint density at radius 2 is 2.24 bits per heavy atom. The number of thioether (sulfide) groups is 1. The molecule has 1 saturated carbocycles. The molecule has 2 unspecified atom stereocenters. The number of hydrogen-bond acceptors (Lipinski definition) is 3. The molecule has 0 bridgehead atoms. The third-order valence-corrected chi connectivity index (χ3v) is 5.95. The third kappa shape index (κ3) is 7.30. The van der Waals surface area contributed by atoms with Gasteiger partial charge in [-0.15, -0.1) is 0 Å². The molecular formula is C19H35N5S. The summed E-state index contributed by atoms with van der Waals surface area (Å²) in [6.07, 6.45) is 11.4.